The Balaban J connectivity index is 2.20. The van der Waals surface area contributed by atoms with Crippen LogP contribution in [-0.2, 0) is 4.89 Å². The predicted molar refractivity (Wildman–Crippen MR) is 120 cm³/mol. The topological polar surface area (TPSA) is 59.4 Å². The third-order valence-electron chi connectivity index (χ3n) is 4.95. The van der Waals surface area contributed by atoms with Crippen LogP contribution < -0.4 is 5.19 Å². The maximum absolute atomic E-state index is 12.1. The van der Waals surface area contributed by atoms with Gasteiger partial charge in [-0.2, -0.15) is 5.26 Å². The lowest BCUT2D eigenvalue weighted by Crippen LogP contribution is -2.40. The second-order valence-corrected chi connectivity index (χ2v) is 13.4. The first kappa shape index (κ1) is 19.5. The van der Waals surface area contributed by atoms with Crippen LogP contribution in [0.25, 0.3) is 22.4 Å². The number of rotatable bonds is 5. The average Bonchev–Trinajstić information content (AvgIpc) is 2.71. The number of pyridine rings is 1. The molecule has 0 aliphatic rings. The number of carbonyl (C=O) groups excluding carboxylic acids is 1. The number of aromatic nitrogens is 1. The van der Waals surface area contributed by atoms with Gasteiger partial charge >= 0.3 is 5.97 Å². The quantitative estimate of drug-likeness (QED) is 0.335. The Morgan fingerprint density at radius 3 is 2.34 bits per heavy atom. The second-order valence-electron chi connectivity index (χ2n) is 8.37. The molecule has 0 fully saturated rings. The number of hydrogen-bond acceptors (Lipinski definition) is 4. The summed E-state index contributed by atoms with van der Waals surface area (Å²) in [6, 6.07) is 16.8. The van der Waals surface area contributed by atoms with Gasteiger partial charge in [-0.15, -0.1) is 0 Å². The zero-order chi connectivity index (χ0) is 22.1. The third-order valence-corrected chi connectivity index (χ3v) is 6.97. The minimum absolute atomic E-state index is 0.271. The van der Waals surface area contributed by atoms with Crippen LogP contribution in [0.3, 0.4) is 0 Å². The van der Waals surface area contributed by atoms with Crippen molar-refractivity contribution in [1.29, 1.82) is 0 Å². The predicted octanol–water partition coefficient (Wildman–Crippen LogP) is 5.71. The van der Waals surface area contributed by atoms with E-state index in [0.717, 1.165) is 22.4 Å². The summed E-state index contributed by atoms with van der Waals surface area (Å²) in [5, 5.41) is 10.1. The van der Waals surface area contributed by atoms with Crippen molar-refractivity contribution < 1.29 is 16.3 Å². The molecule has 0 atom stereocenters. The monoisotopic (exact) mass is 406 g/mol. The molecule has 2 aromatic carbocycles. The first-order valence-corrected chi connectivity index (χ1v) is 13.1. The Hall–Kier alpha value is -2.76. The molecule has 150 valence electrons. The lowest BCUT2D eigenvalue weighted by Gasteiger charge is -2.23. The van der Waals surface area contributed by atoms with E-state index in [2.05, 4.69) is 24.5 Å². The van der Waals surface area contributed by atoms with Crippen molar-refractivity contribution in [2.24, 2.45) is 0 Å². The molecule has 0 saturated heterocycles. The molecule has 3 aromatic rings. The first-order valence-electron chi connectivity index (χ1n) is 10.1. The molecule has 5 heteroatoms. The molecule has 0 radical (unpaired) electrons. The molecule has 0 bridgehead atoms. The zero-order valence-electron chi connectivity index (χ0n) is 18.5. The molecule has 0 saturated carbocycles. The number of hydrogen-bond donors (Lipinski definition) is 1. The largest absolute Gasteiger partial charge is 0.373 e. The zero-order valence-corrected chi connectivity index (χ0v) is 18.5. The number of carbonyl (C=O) groups is 1. The second kappa shape index (κ2) is 8.31. The highest BCUT2D eigenvalue weighted by Crippen LogP contribution is 2.30. The van der Waals surface area contributed by atoms with Gasteiger partial charge in [-0.25, -0.2) is 4.79 Å². The van der Waals surface area contributed by atoms with Crippen LogP contribution in [0.5, 0.6) is 0 Å². The summed E-state index contributed by atoms with van der Waals surface area (Å²) in [5.74, 6) is -1.56. The van der Waals surface area contributed by atoms with Gasteiger partial charge in [-0.3, -0.25) is 9.87 Å². The highest BCUT2D eigenvalue weighted by molar-refractivity contribution is 6.89. The molecule has 0 aliphatic heterocycles. The van der Waals surface area contributed by atoms with E-state index in [0.29, 0.717) is 5.56 Å². The summed E-state index contributed by atoms with van der Waals surface area (Å²) in [6.07, 6.45) is 1.91. The van der Waals surface area contributed by atoms with Crippen LogP contribution >= 0.6 is 0 Å². The van der Waals surface area contributed by atoms with Gasteiger partial charge < -0.3 is 0 Å². The van der Waals surface area contributed by atoms with Gasteiger partial charge in [0.15, 0.2) is 0 Å². The lowest BCUT2D eigenvalue weighted by atomic mass is 9.95. The van der Waals surface area contributed by atoms with E-state index in [1.165, 1.54) is 5.19 Å². The number of nitrogens with zero attached hydrogens (tertiary/aromatic N) is 1. The highest BCUT2D eigenvalue weighted by atomic mass is 28.3. The van der Waals surface area contributed by atoms with E-state index in [-0.39, 0.29) is 5.56 Å². The molecule has 29 heavy (non-hydrogen) atoms. The van der Waals surface area contributed by atoms with Gasteiger partial charge in [0, 0.05) is 13.1 Å². The molecule has 4 nitrogen and oxygen atoms in total. The molecule has 1 N–H and O–H groups in total. The molecular weight excluding hydrogens is 378 g/mol. The maximum atomic E-state index is 12.1. The van der Waals surface area contributed by atoms with E-state index >= 15 is 0 Å². The standard InChI is InChI=1S/C24H27NO3Si/c1-16(2)20-14-22(25-15-23(20)29(3,4)5)18-11-12-19(24(26)28-27)21(13-18)17-9-7-6-8-10-17/h6-16,27H,1-5H3/i16D. The van der Waals surface area contributed by atoms with Crippen molar-refractivity contribution in [3.8, 4) is 22.4 Å². The van der Waals surface area contributed by atoms with Gasteiger partial charge in [0.1, 0.15) is 0 Å². The van der Waals surface area contributed by atoms with Gasteiger partial charge in [0.25, 0.3) is 0 Å². The fraction of sp³-hybridized carbons (Fsp3) is 0.250. The molecule has 0 aliphatic carbocycles. The Morgan fingerprint density at radius 1 is 1.07 bits per heavy atom. The molecule has 3 rings (SSSR count). The minimum Gasteiger partial charge on any atom is -0.295 e. The number of benzene rings is 2. The van der Waals surface area contributed by atoms with Crippen LogP contribution in [0.15, 0.2) is 60.8 Å². The fourth-order valence-corrected chi connectivity index (χ4v) is 4.99. The molecular formula is C24H27NO3Si. The van der Waals surface area contributed by atoms with Crippen molar-refractivity contribution >= 4 is 19.2 Å². The van der Waals surface area contributed by atoms with E-state index in [4.69, 9.17) is 11.6 Å². The Labute approximate surface area is 174 Å². The first-order chi connectivity index (χ1) is 14.0. The molecule has 1 heterocycles. The van der Waals surface area contributed by atoms with Crippen LogP contribution in [0.2, 0.25) is 19.6 Å². The van der Waals surface area contributed by atoms with E-state index in [9.17, 15) is 4.79 Å². The normalized spacial score (nSPS) is 12.4. The minimum atomic E-state index is -1.68. The van der Waals surface area contributed by atoms with E-state index in [1.54, 1.807) is 12.1 Å². The van der Waals surface area contributed by atoms with Crippen molar-refractivity contribution in [1.82, 2.24) is 4.98 Å². The van der Waals surface area contributed by atoms with Gasteiger partial charge in [-0.05, 0) is 46.0 Å². The van der Waals surface area contributed by atoms with Crippen molar-refractivity contribution in [3.05, 3.63) is 71.9 Å². The summed E-state index contributed by atoms with van der Waals surface area (Å²) < 4.78 is 8.65. The average molecular weight is 407 g/mol. The van der Waals surface area contributed by atoms with Crippen LogP contribution in [0.4, 0.5) is 0 Å². The van der Waals surface area contributed by atoms with E-state index in [1.807, 2.05) is 62.5 Å². The summed E-state index contributed by atoms with van der Waals surface area (Å²) in [6.45, 7) is 10.5. The SMILES string of the molecule is [2H]C(C)(C)c1cc(-c2ccc(C(=O)OO)c(-c3ccccc3)c2)ncc1[Si](C)(C)C. The molecule has 1 aromatic heterocycles. The molecule has 0 spiro atoms. The lowest BCUT2D eigenvalue weighted by molar-refractivity contribution is -0.182. The van der Waals surface area contributed by atoms with Crippen molar-refractivity contribution in [3.63, 3.8) is 0 Å². The van der Waals surface area contributed by atoms with Gasteiger partial charge in [0.05, 0.1) is 19.3 Å². The maximum Gasteiger partial charge on any atom is 0.373 e. The summed E-state index contributed by atoms with van der Waals surface area (Å²) >= 11 is 0. The molecule has 0 amide bonds. The Bertz CT molecular complexity index is 1070. The van der Waals surface area contributed by atoms with Crippen molar-refractivity contribution in [2.75, 3.05) is 0 Å². The summed E-state index contributed by atoms with van der Waals surface area (Å²) in [5.41, 5.74) is 4.30. The summed E-state index contributed by atoms with van der Waals surface area (Å²) in [7, 11) is -1.68. The van der Waals surface area contributed by atoms with Crippen molar-refractivity contribution in [2.45, 2.75) is 39.4 Å². The molecule has 0 unspecified atom stereocenters. The fourth-order valence-electron chi connectivity index (χ4n) is 3.41. The Morgan fingerprint density at radius 2 is 1.76 bits per heavy atom. The Kier molecular flexibility index (Phi) is 5.60. The summed E-state index contributed by atoms with van der Waals surface area (Å²) in [4.78, 5) is 20.8. The third kappa shape index (κ3) is 4.47. The van der Waals surface area contributed by atoms with Gasteiger partial charge in [-0.1, -0.05) is 69.9 Å². The van der Waals surface area contributed by atoms with Gasteiger partial charge in [0.2, 0.25) is 0 Å². The highest BCUT2D eigenvalue weighted by Gasteiger charge is 2.23. The van der Waals surface area contributed by atoms with Crippen LogP contribution in [-0.4, -0.2) is 24.3 Å². The van der Waals surface area contributed by atoms with E-state index < -0.39 is 19.9 Å². The van der Waals surface area contributed by atoms with Crippen LogP contribution in [0, 0.1) is 0 Å². The smallest absolute Gasteiger partial charge is 0.295 e. The van der Waals surface area contributed by atoms with Crippen LogP contribution in [0.1, 0.15) is 37.0 Å².